The smallest absolute Gasteiger partial charge is 0.917 e. The van der Waals surface area contributed by atoms with Crippen molar-refractivity contribution in [3.63, 3.8) is 0 Å². The van der Waals surface area contributed by atoms with E-state index in [1.807, 2.05) is 50.2 Å². The van der Waals surface area contributed by atoms with Crippen LogP contribution < -0.4 is 93.1 Å². The third-order valence-corrected chi connectivity index (χ3v) is 18.2. The number of carboxylic acid groups (broad SMARTS) is 1. The van der Waals surface area contributed by atoms with Crippen LogP contribution in [0.15, 0.2) is 110 Å². The minimum atomic E-state index is -4.26. The van der Waals surface area contributed by atoms with Crippen LogP contribution >= 0.6 is 39.1 Å². The first kappa shape index (κ1) is 95.8. The fourth-order valence-electron chi connectivity index (χ4n) is 10.5. The first-order chi connectivity index (χ1) is 49.2. The molecule has 0 atom stereocenters. The van der Waals surface area contributed by atoms with E-state index < -0.39 is 77.1 Å². The van der Waals surface area contributed by atoms with Crippen LogP contribution in [0.5, 0.6) is 0 Å². The molecular formula is C62H72BrCl2LiN16Na2O20S4. The van der Waals surface area contributed by atoms with Gasteiger partial charge in [-0.15, -0.1) is 0 Å². The van der Waals surface area contributed by atoms with E-state index in [1.54, 1.807) is 72.2 Å². The van der Waals surface area contributed by atoms with Crippen molar-refractivity contribution in [2.75, 3.05) is 75.4 Å². The molecule has 36 nitrogen and oxygen atoms in total. The van der Waals surface area contributed by atoms with Gasteiger partial charge >= 0.3 is 95.9 Å². The molecule has 1 amide bonds. The molecule has 10 heterocycles. The van der Waals surface area contributed by atoms with Crippen molar-refractivity contribution in [1.29, 1.82) is 0 Å². The van der Waals surface area contributed by atoms with Gasteiger partial charge in [-0.2, -0.15) is 56.6 Å². The van der Waals surface area contributed by atoms with Crippen molar-refractivity contribution < 1.29 is 169 Å². The Morgan fingerprint density at radius 2 is 0.852 bits per heavy atom. The Kier molecular flexibility index (Phi) is 40.1. The van der Waals surface area contributed by atoms with Gasteiger partial charge in [0, 0.05) is 125 Å². The standard InChI is InChI=1S/C20H22ClN5O4S.C11H12BrN3O2.C11H15ClN2.C11H13N3O5S.C9H9N3O5S.Li.2Na.O3S.H2O/c1-14-11-15(4-5-17(14)21)24-7-9-25(10-8-24)19(27)12-26-20-16(3-2-6-22-20)18(23-26)13-31(28,29)30;1-2-17-10(16)7-15-11-8(4-3-5-13-11)9(6-12)14-15;1-9-8-10(2-3-11(9)12)14-6-4-13-5-7-14;1-2-19-10(15)6-14-11-8(4-3-5-12-11)9(13-14)7-20(16,17)18;13-8(14)4-12-9-6(2-1-3-10-9)7(11-12)5-18(15,16)17;;;;1-4(2)3;/h2-6,11H,7-10,12-13H2,1H3,(H,28,29,30);3-5H,2,6-7H2,1H3;2-3,8,13H,4-7H2,1H3;3-5H,2,6-7H2,1H3,(H,16,17,18);1-3H,4-5H2,(H,13,14)(H,15,16,17);;;;;1H2/q;;;;;3*+1;-2;/p-1. The van der Waals surface area contributed by atoms with Crippen LogP contribution in [0, 0.1) is 13.8 Å². The number of ether oxygens (including phenoxy) is 2. The van der Waals surface area contributed by atoms with Gasteiger partial charge in [0.05, 0.1) is 36.0 Å². The van der Waals surface area contributed by atoms with Gasteiger partial charge in [-0.05, 0) is 124 Å². The minimum Gasteiger partial charge on any atom is -0.917 e. The number of fused-ring (bicyclic) bond motifs is 4. The Morgan fingerprint density at radius 1 is 0.537 bits per heavy atom. The normalized spacial score (nSPS) is 12.6. The summed E-state index contributed by atoms with van der Waals surface area (Å²) >= 11 is 15.5. The van der Waals surface area contributed by atoms with E-state index in [0.29, 0.717) is 71.2 Å². The number of aliphatic carboxylic acids is 1. The van der Waals surface area contributed by atoms with Crippen molar-refractivity contribution in [1.82, 2.24) is 69.3 Å². The van der Waals surface area contributed by atoms with Gasteiger partial charge in [0.2, 0.25) is 5.91 Å². The maximum atomic E-state index is 12.9. The van der Waals surface area contributed by atoms with E-state index >= 15 is 0 Å². The maximum Gasteiger partial charge on any atom is 1.00 e. The zero-order valence-corrected chi connectivity index (χ0v) is 69.8. The first-order valence-electron chi connectivity index (χ1n) is 31.2. The molecule has 12 rings (SSSR count). The van der Waals surface area contributed by atoms with E-state index in [0.717, 1.165) is 68.8 Å². The molecular weight excluding hydrogens is 1620 g/mol. The average molecular weight is 1690 g/mol. The number of alkyl halides is 1. The number of hydrogen-bond acceptors (Lipinski definition) is 28. The summed E-state index contributed by atoms with van der Waals surface area (Å²) in [5.41, 5.74) is 7.51. The summed E-state index contributed by atoms with van der Waals surface area (Å²) in [5, 5.41) is 33.0. The van der Waals surface area contributed by atoms with E-state index in [-0.39, 0.29) is 144 Å². The van der Waals surface area contributed by atoms with Gasteiger partial charge in [0.15, 0.2) is 22.6 Å². The number of aryl methyl sites for hydroxylation is 2. The Bertz CT molecular complexity index is 5130. The van der Waals surface area contributed by atoms with Crippen LogP contribution in [-0.4, -0.2) is 207 Å². The van der Waals surface area contributed by atoms with Crippen molar-refractivity contribution in [3.05, 3.63) is 154 Å². The van der Waals surface area contributed by atoms with Gasteiger partial charge in [-0.25, -0.2) is 38.7 Å². The Hall–Kier alpha value is -6.38. The van der Waals surface area contributed by atoms with Crippen molar-refractivity contribution >= 4 is 160 Å². The second-order valence-electron chi connectivity index (χ2n) is 22.4. The number of pyridine rings is 4. The number of nitrogens with one attached hydrogen (secondary N) is 1. The van der Waals surface area contributed by atoms with E-state index in [2.05, 4.69) is 83.5 Å². The van der Waals surface area contributed by atoms with Crippen LogP contribution in [0.2, 0.25) is 10.0 Å². The maximum absolute atomic E-state index is 12.9. The third kappa shape index (κ3) is 29.7. The molecule has 2 fully saturated rings. The van der Waals surface area contributed by atoms with Gasteiger partial charge in [0.25, 0.3) is 30.4 Å². The summed E-state index contributed by atoms with van der Waals surface area (Å²) in [6, 6.07) is 25.6. The molecule has 0 aliphatic carbocycles. The second-order valence-corrected chi connectivity index (χ2v) is 28.5. The minimum absolute atomic E-state index is 0. The van der Waals surface area contributed by atoms with E-state index in [4.69, 9.17) is 59.9 Å². The summed E-state index contributed by atoms with van der Waals surface area (Å²) in [5.74, 6) is -3.99. The molecule has 0 radical (unpaired) electrons. The fourth-order valence-corrected chi connectivity index (χ4v) is 12.8. The molecule has 8 aromatic heterocycles. The summed E-state index contributed by atoms with van der Waals surface area (Å²) in [4.78, 5) is 69.3. The van der Waals surface area contributed by atoms with Gasteiger partial charge in [-0.1, -0.05) is 39.1 Å². The zero-order chi connectivity index (χ0) is 76.1. The number of aromatic nitrogens is 12. The average Bonchev–Trinajstić information content (AvgIpc) is 1.65. The Labute approximate surface area is 696 Å². The van der Waals surface area contributed by atoms with Gasteiger partial charge in [-0.3, -0.25) is 32.8 Å². The second kappa shape index (κ2) is 45.2. The van der Waals surface area contributed by atoms with Crippen LogP contribution in [0.25, 0.3) is 44.1 Å². The Balaban J connectivity index is 0.000000351. The number of hydrogen-bond donors (Lipinski definition) is 5. The molecule has 108 heavy (non-hydrogen) atoms. The quantitative estimate of drug-likeness (QED) is 0.0132. The van der Waals surface area contributed by atoms with Gasteiger partial charge < -0.3 is 53.0 Å². The number of halogens is 3. The van der Waals surface area contributed by atoms with Crippen molar-refractivity contribution in [2.24, 2.45) is 0 Å². The molecule has 0 bridgehead atoms. The number of rotatable bonds is 19. The monoisotopic (exact) mass is 1690 g/mol. The SMILES string of the molecule is CCOC(=O)Cn1nc(CBr)c2cccnc21.CCOC(=O)Cn1nc(CS(=O)(=O)O)c2cccnc21.Cc1cc(N2CCN(C(=O)Cn3nc(CS(=O)(=O)O)c4cccnc43)CC2)ccc1Cl.Cc1cc(N2CCNCC2)ccc1Cl.O=C(O)Cn1nc(CS(=O)(=O)O)c2cccnc21.O=[S-](=O)[O-].[Li+].[Na+].[Na+].[OH-]. The number of carboxylic acids is 1. The first-order valence-corrected chi connectivity index (χ1v) is 38.9. The number of esters is 2. The number of anilines is 2. The molecule has 2 saturated heterocycles. The van der Waals surface area contributed by atoms with Crippen LogP contribution in [0.4, 0.5) is 11.4 Å². The number of carbonyl (C=O) groups is 4. The largest absolute Gasteiger partial charge is 1.00 e. The predicted octanol–water partition coefficient (Wildman–Crippen LogP) is -3.38. The number of piperazine rings is 2. The molecule has 2 aliphatic rings. The number of nitrogens with zero attached hydrogens (tertiary/aromatic N) is 15. The van der Waals surface area contributed by atoms with E-state index in [1.165, 1.54) is 27.4 Å². The van der Waals surface area contributed by atoms with Crippen molar-refractivity contribution in [3.8, 4) is 0 Å². The van der Waals surface area contributed by atoms with E-state index in [9.17, 15) is 49.0 Å². The topological polar surface area (TPSA) is 502 Å². The molecule has 10 aromatic rings. The van der Waals surface area contributed by atoms with Crippen LogP contribution in [0.1, 0.15) is 47.8 Å². The summed E-state index contributed by atoms with van der Waals surface area (Å²) < 4.78 is 134. The van der Waals surface area contributed by atoms with Crippen molar-refractivity contribution in [2.45, 2.75) is 76.5 Å². The predicted molar refractivity (Wildman–Crippen MR) is 387 cm³/mol. The summed E-state index contributed by atoms with van der Waals surface area (Å²) in [6.07, 6.45) is 6.18. The zero-order valence-electron chi connectivity index (χ0n) is 59.5. The molecule has 0 saturated carbocycles. The molecule has 2 aliphatic heterocycles. The molecule has 0 unspecified atom stereocenters. The number of carbonyl (C=O) groups excluding carboxylic acids is 3. The molecule has 46 heteroatoms. The summed E-state index contributed by atoms with van der Waals surface area (Å²) in [6.45, 7) is 14.3. The molecule has 0 spiro atoms. The molecule has 568 valence electrons. The third-order valence-electron chi connectivity index (χ3n) is 14.9. The van der Waals surface area contributed by atoms with Crippen LogP contribution in [0.3, 0.4) is 0 Å². The number of benzene rings is 2. The fraction of sp³-hybridized carbons (Fsp3) is 0.355. The Morgan fingerprint density at radius 3 is 1.17 bits per heavy atom. The summed E-state index contributed by atoms with van der Waals surface area (Å²) in [7, 11) is -15.8. The molecule has 2 aromatic carbocycles. The van der Waals surface area contributed by atoms with Crippen LogP contribution in [-0.2, 0) is 127 Å². The molecule has 6 N–H and O–H groups in total. The van der Waals surface area contributed by atoms with Gasteiger partial charge in [0.1, 0.15) is 43.4 Å². The number of amides is 1.